The Hall–Kier alpha value is -2.79. The highest BCUT2D eigenvalue weighted by Crippen LogP contribution is 2.36. The van der Waals surface area contributed by atoms with E-state index in [-0.39, 0.29) is 0 Å². The molecule has 0 N–H and O–H groups in total. The van der Waals surface area contributed by atoms with Crippen LogP contribution in [0.25, 0.3) is 0 Å². The van der Waals surface area contributed by atoms with Gasteiger partial charge >= 0.3 is 37.8 Å². The van der Waals surface area contributed by atoms with Crippen molar-refractivity contribution in [2.24, 2.45) is 0 Å². The summed E-state index contributed by atoms with van der Waals surface area (Å²) >= 11 is 0. The van der Waals surface area contributed by atoms with Crippen LogP contribution in [0.1, 0.15) is 34.6 Å². The van der Waals surface area contributed by atoms with Gasteiger partial charge in [0.2, 0.25) is 0 Å². The van der Waals surface area contributed by atoms with Gasteiger partial charge in [-0.3, -0.25) is 28.5 Å². The van der Waals surface area contributed by atoms with E-state index in [1.54, 1.807) is 0 Å². The average molecular weight is 452 g/mol. The van der Waals surface area contributed by atoms with Gasteiger partial charge in [-0.25, -0.2) is 9.13 Å². The number of carbonyl (C=O) groups excluding carboxylic acids is 5. The minimum atomic E-state index is -3.61. The molecule has 6 atom stereocenters. The first-order chi connectivity index (χ1) is 13.8. The van der Waals surface area contributed by atoms with Gasteiger partial charge in [-0.15, -0.1) is 0 Å². The Balaban J connectivity index is 3.68. The van der Waals surface area contributed by atoms with E-state index in [4.69, 9.17) is 28.2 Å². The van der Waals surface area contributed by atoms with E-state index in [0.29, 0.717) is 0 Å². The summed E-state index contributed by atoms with van der Waals surface area (Å²) in [4.78, 5) is 58.2. The van der Waals surface area contributed by atoms with E-state index in [1.165, 1.54) is 0 Å². The standard InChI is InChI=1S/C16H21O13P/c1-6(17)24-11-12(25-7(2)18)14(27-9(4)20)16(29-30(22)23)15(28-10(5)21)13(11)26-8(3)19/h11-16H,1-5H3/t11?,12-,13?,14?,15+,16-/m1/s1. The minimum Gasteiger partial charge on any atom is -0.455 e. The van der Waals surface area contributed by atoms with Gasteiger partial charge < -0.3 is 23.7 Å². The number of esters is 5. The Labute approximate surface area is 171 Å². The molecule has 0 aromatic carbocycles. The monoisotopic (exact) mass is 452 g/mol. The maximum absolute atomic E-state index is 11.6. The van der Waals surface area contributed by atoms with Crippen molar-refractivity contribution < 1.29 is 61.3 Å². The summed E-state index contributed by atoms with van der Waals surface area (Å²) in [5.74, 6) is -4.65. The van der Waals surface area contributed by atoms with E-state index < -0.39 is 74.4 Å². The van der Waals surface area contributed by atoms with Crippen LogP contribution in [-0.4, -0.2) is 66.5 Å². The molecule has 0 saturated heterocycles. The van der Waals surface area contributed by atoms with Crippen molar-refractivity contribution in [1.82, 2.24) is 0 Å². The molecule has 30 heavy (non-hydrogen) atoms. The summed E-state index contributed by atoms with van der Waals surface area (Å²) in [6.45, 7) is 4.91. The van der Waals surface area contributed by atoms with Crippen molar-refractivity contribution in [1.29, 1.82) is 0 Å². The lowest BCUT2D eigenvalue weighted by molar-refractivity contribution is -0.251. The Morgan fingerprint density at radius 2 is 0.667 bits per heavy atom. The zero-order valence-electron chi connectivity index (χ0n) is 16.7. The molecule has 1 saturated carbocycles. The second-order valence-corrected chi connectivity index (χ2v) is 6.82. The van der Waals surface area contributed by atoms with E-state index in [2.05, 4.69) is 0 Å². The summed E-state index contributed by atoms with van der Waals surface area (Å²) in [7, 11) is -3.61. The van der Waals surface area contributed by atoms with Crippen molar-refractivity contribution in [2.45, 2.75) is 71.2 Å². The normalized spacial score (nSPS) is 27.9. The molecule has 13 nitrogen and oxygen atoms in total. The van der Waals surface area contributed by atoms with Gasteiger partial charge in [0, 0.05) is 34.6 Å². The van der Waals surface area contributed by atoms with Crippen LogP contribution in [0, 0.1) is 0 Å². The zero-order valence-corrected chi connectivity index (χ0v) is 17.6. The van der Waals surface area contributed by atoms with Gasteiger partial charge in [-0.1, -0.05) is 0 Å². The second-order valence-electron chi connectivity index (χ2n) is 6.16. The third kappa shape index (κ3) is 7.23. The largest absolute Gasteiger partial charge is 0.468 e. The molecule has 14 heteroatoms. The van der Waals surface area contributed by atoms with Crippen LogP contribution >= 0.6 is 7.91 Å². The van der Waals surface area contributed by atoms with Crippen LogP contribution in [0.15, 0.2) is 0 Å². The maximum Gasteiger partial charge on any atom is 0.468 e. The lowest BCUT2D eigenvalue weighted by atomic mass is 9.84. The molecule has 0 aromatic heterocycles. The summed E-state index contributed by atoms with van der Waals surface area (Å²) in [6, 6.07) is 0. The van der Waals surface area contributed by atoms with Crippen molar-refractivity contribution in [3.05, 3.63) is 0 Å². The summed E-state index contributed by atoms with van der Waals surface area (Å²) < 4.78 is 52.8. The average Bonchev–Trinajstić information content (AvgIpc) is 2.55. The number of hydrogen-bond acceptors (Lipinski definition) is 13. The first-order valence-corrected chi connectivity index (χ1v) is 9.60. The SMILES string of the molecule is CC(=O)OC1C(OC(C)=O)[C@H](OC(C)=O)[C@H](OP(=O)=O)C(OC(C)=O)[C@@H]1OC(C)=O. The van der Waals surface area contributed by atoms with Crippen molar-refractivity contribution >= 4 is 37.8 Å². The van der Waals surface area contributed by atoms with Crippen LogP contribution in [0.3, 0.4) is 0 Å². The number of carbonyl (C=O) groups is 5. The quantitative estimate of drug-likeness (QED) is 0.290. The summed E-state index contributed by atoms with van der Waals surface area (Å²) in [6.07, 6.45) is -10.2. The van der Waals surface area contributed by atoms with Crippen molar-refractivity contribution in [2.75, 3.05) is 0 Å². The maximum atomic E-state index is 11.6. The highest BCUT2D eigenvalue weighted by Gasteiger charge is 2.60. The van der Waals surface area contributed by atoms with E-state index in [0.717, 1.165) is 34.6 Å². The van der Waals surface area contributed by atoms with Gasteiger partial charge in [0.15, 0.2) is 36.6 Å². The molecular weight excluding hydrogens is 431 g/mol. The molecule has 0 radical (unpaired) electrons. The molecule has 0 spiro atoms. The molecule has 1 fully saturated rings. The lowest BCUT2D eigenvalue weighted by Gasteiger charge is -2.46. The molecule has 3 unspecified atom stereocenters. The molecule has 1 rings (SSSR count). The summed E-state index contributed by atoms with van der Waals surface area (Å²) in [5, 5.41) is 0. The third-order valence-electron chi connectivity index (χ3n) is 3.66. The predicted octanol–water partition coefficient (Wildman–Crippen LogP) is 0.132. The van der Waals surface area contributed by atoms with Crippen LogP contribution < -0.4 is 0 Å². The second kappa shape index (κ2) is 10.8. The fraction of sp³-hybridized carbons (Fsp3) is 0.688. The molecule has 1 aliphatic rings. The number of ether oxygens (including phenoxy) is 5. The smallest absolute Gasteiger partial charge is 0.455 e. The molecule has 0 amide bonds. The lowest BCUT2D eigenvalue weighted by Crippen LogP contribution is -2.68. The van der Waals surface area contributed by atoms with Crippen LogP contribution in [0.4, 0.5) is 0 Å². The fourth-order valence-corrected chi connectivity index (χ4v) is 3.41. The van der Waals surface area contributed by atoms with Crippen molar-refractivity contribution in [3.63, 3.8) is 0 Å². The molecule has 1 aliphatic carbocycles. The highest BCUT2D eigenvalue weighted by atomic mass is 31.1. The Morgan fingerprint density at radius 3 is 0.833 bits per heavy atom. The molecule has 0 heterocycles. The van der Waals surface area contributed by atoms with E-state index in [9.17, 15) is 33.1 Å². The van der Waals surface area contributed by atoms with Crippen LogP contribution in [0.2, 0.25) is 0 Å². The number of rotatable bonds is 7. The molecule has 0 aromatic rings. The van der Waals surface area contributed by atoms with Gasteiger partial charge in [-0.05, 0) is 0 Å². The van der Waals surface area contributed by atoms with Gasteiger partial charge in [-0.2, -0.15) is 0 Å². The minimum absolute atomic E-state index is 0.910. The predicted molar refractivity (Wildman–Crippen MR) is 90.9 cm³/mol. The first-order valence-electron chi connectivity index (χ1n) is 8.50. The van der Waals surface area contributed by atoms with Gasteiger partial charge in [0.25, 0.3) is 0 Å². The third-order valence-corrected chi connectivity index (χ3v) is 4.08. The first kappa shape index (κ1) is 25.2. The van der Waals surface area contributed by atoms with E-state index >= 15 is 0 Å². The Bertz CT molecular complexity index is 721. The molecule has 168 valence electrons. The van der Waals surface area contributed by atoms with Crippen molar-refractivity contribution in [3.8, 4) is 0 Å². The van der Waals surface area contributed by atoms with Crippen LogP contribution in [-0.2, 0) is 61.3 Å². The number of hydrogen-bond donors (Lipinski definition) is 0. The Morgan fingerprint density at radius 1 is 0.467 bits per heavy atom. The molecule has 0 bridgehead atoms. The molecule has 0 aliphatic heterocycles. The van der Waals surface area contributed by atoms with Gasteiger partial charge in [0.05, 0.1) is 0 Å². The summed E-state index contributed by atoms with van der Waals surface area (Å²) in [5.41, 5.74) is 0. The van der Waals surface area contributed by atoms with Crippen LogP contribution in [0.5, 0.6) is 0 Å². The van der Waals surface area contributed by atoms with E-state index in [1.807, 2.05) is 0 Å². The highest BCUT2D eigenvalue weighted by molar-refractivity contribution is 7.24. The Kier molecular flexibility index (Phi) is 9.12. The molecular formula is C16H21O13P. The topological polar surface area (TPSA) is 175 Å². The fourth-order valence-electron chi connectivity index (χ4n) is 2.97. The zero-order chi connectivity index (χ0) is 23.2. The van der Waals surface area contributed by atoms with Gasteiger partial charge in [0.1, 0.15) is 0 Å².